The lowest BCUT2D eigenvalue weighted by Gasteiger charge is -2.01. The number of alkyl halides is 1. The lowest BCUT2D eigenvalue weighted by atomic mass is 10.6. The minimum Gasteiger partial charge on any atom is -0.212 e. The summed E-state index contributed by atoms with van der Waals surface area (Å²) in [5, 5.41) is 0.710. The minimum atomic E-state index is -3.06. The average molecular weight is 242 g/mol. The predicted molar refractivity (Wildman–Crippen MR) is 50.4 cm³/mol. The van der Waals surface area contributed by atoms with Crippen molar-refractivity contribution in [2.24, 2.45) is 0 Å². The van der Waals surface area contributed by atoms with E-state index in [1.807, 2.05) is 0 Å². The van der Waals surface area contributed by atoms with Crippen molar-refractivity contribution in [3.05, 3.63) is 12.7 Å². The van der Waals surface area contributed by atoms with E-state index >= 15 is 0 Å². The maximum atomic E-state index is 11.0. The Hall–Kier alpha value is 0.130. The molecule has 0 saturated heterocycles. The summed E-state index contributed by atoms with van der Waals surface area (Å²) in [5.41, 5.74) is 0. The maximum absolute atomic E-state index is 11.0. The standard InChI is InChI=1S/C6H12BrNO2S/c1-2-5-8-11(9,10)6-3-4-7/h2,8H,1,3-6H2. The van der Waals surface area contributed by atoms with Gasteiger partial charge in [-0.25, -0.2) is 13.1 Å². The van der Waals surface area contributed by atoms with E-state index in [1.165, 1.54) is 6.08 Å². The van der Waals surface area contributed by atoms with Crippen LogP contribution in [0.4, 0.5) is 0 Å². The van der Waals surface area contributed by atoms with Gasteiger partial charge >= 0.3 is 0 Å². The van der Waals surface area contributed by atoms with E-state index in [2.05, 4.69) is 27.2 Å². The summed E-state index contributed by atoms with van der Waals surface area (Å²) >= 11 is 3.16. The Bertz CT molecular complexity index is 201. The average Bonchev–Trinajstić information content (AvgIpc) is 1.97. The highest BCUT2D eigenvalue weighted by molar-refractivity contribution is 9.09. The quantitative estimate of drug-likeness (QED) is 0.555. The van der Waals surface area contributed by atoms with E-state index in [-0.39, 0.29) is 5.75 Å². The van der Waals surface area contributed by atoms with E-state index in [1.54, 1.807) is 0 Å². The van der Waals surface area contributed by atoms with Gasteiger partial charge in [0.1, 0.15) is 0 Å². The van der Waals surface area contributed by atoms with E-state index in [0.717, 1.165) is 0 Å². The van der Waals surface area contributed by atoms with Gasteiger partial charge in [0.25, 0.3) is 0 Å². The van der Waals surface area contributed by atoms with Gasteiger partial charge < -0.3 is 0 Å². The van der Waals surface area contributed by atoms with Crippen molar-refractivity contribution in [2.45, 2.75) is 6.42 Å². The molecule has 0 aromatic rings. The van der Waals surface area contributed by atoms with Gasteiger partial charge in [0.05, 0.1) is 5.75 Å². The molecule has 0 radical (unpaired) electrons. The van der Waals surface area contributed by atoms with E-state index < -0.39 is 10.0 Å². The molecule has 0 heterocycles. The number of halogens is 1. The lowest BCUT2D eigenvalue weighted by molar-refractivity contribution is 0.584. The van der Waals surface area contributed by atoms with Crippen LogP contribution in [0.3, 0.4) is 0 Å². The first kappa shape index (κ1) is 11.1. The van der Waals surface area contributed by atoms with Crippen LogP contribution >= 0.6 is 15.9 Å². The molecule has 0 aliphatic rings. The van der Waals surface area contributed by atoms with Gasteiger partial charge in [0, 0.05) is 11.9 Å². The van der Waals surface area contributed by atoms with Gasteiger partial charge in [-0.1, -0.05) is 22.0 Å². The molecule has 0 aromatic carbocycles. The molecular formula is C6H12BrNO2S. The van der Waals surface area contributed by atoms with E-state index in [0.29, 0.717) is 18.3 Å². The van der Waals surface area contributed by atoms with Crippen LogP contribution in [0, 0.1) is 0 Å². The number of rotatable bonds is 6. The van der Waals surface area contributed by atoms with Crippen LogP contribution < -0.4 is 4.72 Å². The second-order valence-electron chi connectivity index (χ2n) is 2.00. The Morgan fingerprint density at radius 2 is 2.18 bits per heavy atom. The van der Waals surface area contributed by atoms with E-state index in [9.17, 15) is 8.42 Å². The monoisotopic (exact) mass is 241 g/mol. The van der Waals surface area contributed by atoms with Crippen molar-refractivity contribution in [3.63, 3.8) is 0 Å². The first-order valence-corrected chi connectivity index (χ1v) is 6.04. The molecule has 0 fully saturated rings. The molecule has 0 saturated carbocycles. The third kappa shape index (κ3) is 6.52. The summed E-state index contributed by atoms with van der Waals surface area (Å²) in [6, 6.07) is 0. The van der Waals surface area contributed by atoms with Crippen LogP contribution in [0.2, 0.25) is 0 Å². The molecule has 5 heteroatoms. The topological polar surface area (TPSA) is 46.2 Å². The fourth-order valence-corrected chi connectivity index (χ4v) is 2.19. The third-order valence-electron chi connectivity index (χ3n) is 0.994. The highest BCUT2D eigenvalue weighted by Gasteiger charge is 2.06. The number of nitrogens with one attached hydrogen (secondary N) is 1. The second-order valence-corrected chi connectivity index (χ2v) is 4.72. The summed E-state index contributed by atoms with van der Waals surface area (Å²) in [4.78, 5) is 0. The molecule has 0 amide bonds. The summed E-state index contributed by atoms with van der Waals surface area (Å²) in [6.45, 7) is 3.72. The first-order valence-electron chi connectivity index (χ1n) is 3.26. The van der Waals surface area contributed by atoms with Crippen molar-refractivity contribution >= 4 is 26.0 Å². The zero-order valence-corrected chi connectivity index (χ0v) is 8.62. The van der Waals surface area contributed by atoms with Crippen LogP contribution in [0.25, 0.3) is 0 Å². The Kier molecular flexibility index (Phi) is 5.81. The lowest BCUT2D eigenvalue weighted by Crippen LogP contribution is -2.26. The van der Waals surface area contributed by atoms with Crippen molar-refractivity contribution in [1.82, 2.24) is 4.72 Å². The fraction of sp³-hybridized carbons (Fsp3) is 0.667. The number of hydrogen-bond donors (Lipinski definition) is 1. The predicted octanol–water partition coefficient (Wildman–Crippen LogP) is 0.877. The Balaban J connectivity index is 3.71. The highest BCUT2D eigenvalue weighted by atomic mass is 79.9. The molecule has 0 unspecified atom stereocenters. The Morgan fingerprint density at radius 3 is 2.64 bits per heavy atom. The highest BCUT2D eigenvalue weighted by Crippen LogP contribution is 1.92. The van der Waals surface area contributed by atoms with E-state index in [4.69, 9.17) is 0 Å². The molecule has 0 aromatic heterocycles. The number of sulfonamides is 1. The summed E-state index contributed by atoms with van der Waals surface area (Å²) in [6.07, 6.45) is 2.15. The first-order chi connectivity index (χ1) is 5.12. The van der Waals surface area contributed by atoms with Crippen LogP contribution in [0.5, 0.6) is 0 Å². The van der Waals surface area contributed by atoms with Crippen LogP contribution in [0.15, 0.2) is 12.7 Å². The molecule has 0 spiro atoms. The second kappa shape index (κ2) is 5.74. The maximum Gasteiger partial charge on any atom is 0.211 e. The molecule has 11 heavy (non-hydrogen) atoms. The molecule has 0 aliphatic carbocycles. The smallest absolute Gasteiger partial charge is 0.211 e. The van der Waals surface area contributed by atoms with Crippen LogP contribution in [-0.2, 0) is 10.0 Å². The largest absolute Gasteiger partial charge is 0.212 e. The normalized spacial score (nSPS) is 11.4. The molecular weight excluding hydrogens is 230 g/mol. The Labute approximate surface area is 76.1 Å². The van der Waals surface area contributed by atoms with Gasteiger partial charge in [0.2, 0.25) is 10.0 Å². The summed E-state index contributed by atoms with van der Waals surface area (Å²) < 4.78 is 24.3. The van der Waals surface area contributed by atoms with Gasteiger partial charge in [-0.3, -0.25) is 0 Å². The van der Waals surface area contributed by atoms with Crippen molar-refractivity contribution in [1.29, 1.82) is 0 Å². The Morgan fingerprint density at radius 1 is 1.55 bits per heavy atom. The summed E-state index contributed by atoms with van der Waals surface area (Å²) in [5.74, 6) is 0.173. The molecule has 0 atom stereocenters. The van der Waals surface area contributed by atoms with Gasteiger partial charge in [-0.05, 0) is 6.42 Å². The van der Waals surface area contributed by atoms with Gasteiger partial charge in [0.15, 0.2) is 0 Å². The molecule has 3 nitrogen and oxygen atoms in total. The van der Waals surface area contributed by atoms with Gasteiger partial charge in [-0.15, -0.1) is 6.58 Å². The minimum absolute atomic E-state index is 0.173. The number of hydrogen-bond acceptors (Lipinski definition) is 2. The molecule has 1 N–H and O–H groups in total. The summed E-state index contributed by atoms with van der Waals surface area (Å²) in [7, 11) is -3.06. The van der Waals surface area contributed by atoms with Crippen LogP contribution in [0.1, 0.15) is 6.42 Å². The van der Waals surface area contributed by atoms with Crippen LogP contribution in [-0.4, -0.2) is 26.0 Å². The van der Waals surface area contributed by atoms with Crippen molar-refractivity contribution in [3.8, 4) is 0 Å². The van der Waals surface area contributed by atoms with Crippen molar-refractivity contribution < 1.29 is 8.42 Å². The zero-order valence-electron chi connectivity index (χ0n) is 6.22. The molecule has 66 valence electrons. The molecule has 0 aliphatic heterocycles. The molecule has 0 bridgehead atoms. The fourth-order valence-electron chi connectivity index (χ4n) is 0.503. The third-order valence-corrected chi connectivity index (χ3v) is 2.99. The SMILES string of the molecule is C=CCNS(=O)(=O)CCCBr. The van der Waals surface area contributed by atoms with Crippen molar-refractivity contribution in [2.75, 3.05) is 17.6 Å². The zero-order chi connectivity index (χ0) is 8.74. The van der Waals surface area contributed by atoms with Gasteiger partial charge in [-0.2, -0.15) is 0 Å². The molecule has 0 rings (SSSR count).